The third kappa shape index (κ3) is 3.03. The van der Waals surface area contributed by atoms with E-state index >= 15 is 0 Å². The first-order valence-corrected chi connectivity index (χ1v) is 5.23. The van der Waals surface area contributed by atoms with Crippen LogP contribution in [0.15, 0.2) is 18.2 Å². The van der Waals surface area contributed by atoms with Crippen LogP contribution >= 0.6 is 0 Å². The number of aryl methyl sites for hydroxylation is 1. The van der Waals surface area contributed by atoms with Gasteiger partial charge in [-0.25, -0.2) is 4.39 Å². The molecule has 1 aromatic carbocycles. The summed E-state index contributed by atoms with van der Waals surface area (Å²) in [5, 5.41) is 11.3. The highest BCUT2D eigenvalue weighted by atomic mass is 19.1. The number of amides is 1. The number of benzene rings is 1. The van der Waals surface area contributed by atoms with E-state index < -0.39 is 11.7 Å². The largest absolute Gasteiger partial charge is 0.396 e. The Morgan fingerprint density at radius 1 is 1.56 bits per heavy atom. The Labute approximate surface area is 94.3 Å². The molecule has 0 aromatic heterocycles. The minimum absolute atomic E-state index is 0.00224. The van der Waals surface area contributed by atoms with Crippen LogP contribution in [-0.4, -0.2) is 23.7 Å². The molecule has 0 bridgehead atoms. The molecule has 0 aliphatic heterocycles. The quantitative estimate of drug-likeness (QED) is 0.818. The van der Waals surface area contributed by atoms with Gasteiger partial charge < -0.3 is 10.4 Å². The number of hydrogen-bond donors (Lipinski definition) is 2. The molecule has 0 spiro atoms. The van der Waals surface area contributed by atoms with E-state index in [1.165, 1.54) is 6.07 Å². The molecule has 0 aliphatic rings. The highest BCUT2D eigenvalue weighted by Gasteiger charge is 2.14. The highest BCUT2D eigenvalue weighted by molar-refractivity contribution is 5.94. The molecule has 0 radical (unpaired) electrons. The van der Waals surface area contributed by atoms with Crippen molar-refractivity contribution in [1.82, 2.24) is 5.32 Å². The average molecular weight is 225 g/mol. The summed E-state index contributed by atoms with van der Waals surface area (Å²) in [5.74, 6) is -0.932. The fourth-order valence-corrected chi connectivity index (χ4v) is 1.39. The number of hydrogen-bond acceptors (Lipinski definition) is 2. The number of carbonyl (C=O) groups is 1. The monoisotopic (exact) mass is 225 g/mol. The molecule has 0 saturated heterocycles. The fourth-order valence-electron chi connectivity index (χ4n) is 1.39. The van der Waals surface area contributed by atoms with Gasteiger partial charge in [0.05, 0.1) is 5.56 Å². The molecule has 1 unspecified atom stereocenters. The maximum Gasteiger partial charge on any atom is 0.254 e. The molecule has 0 heterocycles. The second kappa shape index (κ2) is 5.61. The molecule has 0 saturated carbocycles. The van der Waals surface area contributed by atoms with Crippen molar-refractivity contribution in [2.75, 3.05) is 6.61 Å². The lowest BCUT2D eigenvalue weighted by Crippen LogP contribution is -2.33. The number of aliphatic hydroxyl groups excluding tert-OH is 1. The Kier molecular flexibility index (Phi) is 4.43. The summed E-state index contributed by atoms with van der Waals surface area (Å²) in [6.45, 7) is 3.38. The van der Waals surface area contributed by atoms with Crippen molar-refractivity contribution in [3.8, 4) is 0 Å². The Morgan fingerprint density at radius 2 is 2.25 bits per heavy atom. The van der Waals surface area contributed by atoms with E-state index in [4.69, 9.17) is 5.11 Å². The first-order chi connectivity index (χ1) is 7.56. The number of aliphatic hydroxyl groups is 1. The molecule has 1 atom stereocenters. The minimum Gasteiger partial charge on any atom is -0.396 e. The Balaban J connectivity index is 2.77. The van der Waals surface area contributed by atoms with Gasteiger partial charge in [0.25, 0.3) is 5.91 Å². The van der Waals surface area contributed by atoms with Crippen LogP contribution in [0.2, 0.25) is 0 Å². The molecule has 1 rings (SSSR count). The standard InChI is InChI=1S/C12H16FNO2/c1-8-4-3-5-10(11(8)13)12(16)14-9(2)6-7-15/h3-5,9,15H,6-7H2,1-2H3,(H,14,16). The van der Waals surface area contributed by atoms with Gasteiger partial charge in [-0.15, -0.1) is 0 Å². The third-order valence-corrected chi connectivity index (χ3v) is 2.38. The van der Waals surface area contributed by atoms with Crippen LogP contribution in [0.3, 0.4) is 0 Å². The van der Waals surface area contributed by atoms with E-state index in [0.717, 1.165) is 0 Å². The maximum absolute atomic E-state index is 13.6. The van der Waals surface area contributed by atoms with Crippen LogP contribution in [0, 0.1) is 12.7 Å². The van der Waals surface area contributed by atoms with E-state index in [9.17, 15) is 9.18 Å². The van der Waals surface area contributed by atoms with Gasteiger partial charge in [-0.2, -0.15) is 0 Å². The van der Waals surface area contributed by atoms with E-state index in [1.807, 2.05) is 0 Å². The first-order valence-electron chi connectivity index (χ1n) is 5.23. The molecule has 4 heteroatoms. The van der Waals surface area contributed by atoms with Gasteiger partial charge in [-0.1, -0.05) is 12.1 Å². The van der Waals surface area contributed by atoms with Crippen LogP contribution < -0.4 is 5.32 Å². The summed E-state index contributed by atoms with van der Waals surface area (Å²) < 4.78 is 13.6. The lowest BCUT2D eigenvalue weighted by molar-refractivity contribution is 0.0930. The zero-order valence-electron chi connectivity index (χ0n) is 9.46. The summed E-state index contributed by atoms with van der Waals surface area (Å²) in [6, 6.07) is 4.54. The zero-order chi connectivity index (χ0) is 12.1. The van der Waals surface area contributed by atoms with Crippen molar-refractivity contribution in [3.05, 3.63) is 35.1 Å². The predicted octanol–water partition coefficient (Wildman–Crippen LogP) is 1.63. The summed E-state index contributed by atoms with van der Waals surface area (Å²) in [7, 11) is 0. The number of rotatable bonds is 4. The van der Waals surface area contributed by atoms with Gasteiger partial charge in [0, 0.05) is 12.6 Å². The van der Waals surface area contributed by atoms with Crippen LogP contribution in [-0.2, 0) is 0 Å². The molecule has 3 nitrogen and oxygen atoms in total. The zero-order valence-corrected chi connectivity index (χ0v) is 9.46. The molecular weight excluding hydrogens is 209 g/mol. The van der Waals surface area contributed by atoms with Crippen molar-refractivity contribution in [2.24, 2.45) is 0 Å². The average Bonchev–Trinajstić information content (AvgIpc) is 2.22. The van der Waals surface area contributed by atoms with Gasteiger partial charge in [0.2, 0.25) is 0 Å². The molecule has 0 aliphatic carbocycles. The Morgan fingerprint density at radius 3 is 2.88 bits per heavy atom. The van der Waals surface area contributed by atoms with Crippen LogP contribution in [0.5, 0.6) is 0 Å². The normalized spacial score (nSPS) is 12.2. The second-order valence-corrected chi connectivity index (χ2v) is 3.82. The molecule has 1 aromatic rings. The predicted molar refractivity (Wildman–Crippen MR) is 59.8 cm³/mol. The maximum atomic E-state index is 13.6. The van der Waals surface area contributed by atoms with Gasteiger partial charge in [0.15, 0.2) is 0 Å². The van der Waals surface area contributed by atoms with Gasteiger partial charge in [-0.3, -0.25) is 4.79 Å². The first kappa shape index (κ1) is 12.6. The van der Waals surface area contributed by atoms with E-state index in [2.05, 4.69) is 5.32 Å². The summed E-state index contributed by atoms with van der Waals surface area (Å²) >= 11 is 0. The molecule has 0 fully saturated rings. The lowest BCUT2D eigenvalue weighted by atomic mass is 10.1. The summed E-state index contributed by atoms with van der Waals surface area (Å²) in [6.07, 6.45) is 0.458. The second-order valence-electron chi connectivity index (χ2n) is 3.82. The van der Waals surface area contributed by atoms with Crippen molar-refractivity contribution in [1.29, 1.82) is 0 Å². The molecule has 16 heavy (non-hydrogen) atoms. The van der Waals surface area contributed by atoms with Crippen LogP contribution in [0.25, 0.3) is 0 Å². The molecule has 88 valence electrons. The van der Waals surface area contributed by atoms with Crippen molar-refractivity contribution in [2.45, 2.75) is 26.3 Å². The third-order valence-electron chi connectivity index (χ3n) is 2.38. The molecule has 1 amide bonds. The van der Waals surface area contributed by atoms with Crippen molar-refractivity contribution >= 4 is 5.91 Å². The number of nitrogens with one attached hydrogen (secondary N) is 1. The van der Waals surface area contributed by atoms with Crippen LogP contribution in [0.1, 0.15) is 29.3 Å². The van der Waals surface area contributed by atoms with Gasteiger partial charge >= 0.3 is 0 Å². The minimum atomic E-state index is -0.490. The molecule has 2 N–H and O–H groups in total. The number of carbonyl (C=O) groups excluding carboxylic acids is 1. The molecular formula is C12H16FNO2. The van der Waals surface area contributed by atoms with Gasteiger partial charge in [0.1, 0.15) is 5.82 Å². The van der Waals surface area contributed by atoms with Crippen molar-refractivity contribution < 1.29 is 14.3 Å². The highest BCUT2D eigenvalue weighted by Crippen LogP contribution is 2.11. The van der Waals surface area contributed by atoms with Crippen LogP contribution in [0.4, 0.5) is 4.39 Å². The van der Waals surface area contributed by atoms with Gasteiger partial charge in [-0.05, 0) is 31.9 Å². The van der Waals surface area contributed by atoms with E-state index in [-0.39, 0.29) is 18.2 Å². The smallest absolute Gasteiger partial charge is 0.254 e. The van der Waals surface area contributed by atoms with E-state index in [0.29, 0.717) is 12.0 Å². The van der Waals surface area contributed by atoms with E-state index in [1.54, 1.807) is 26.0 Å². The Bertz CT molecular complexity index is 379. The fraction of sp³-hybridized carbons (Fsp3) is 0.417. The summed E-state index contributed by atoms with van der Waals surface area (Å²) in [4.78, 5) is 11.7. The topological polar surface area (TPSA) is 49.3 Å². The Hall–Kier alpha value is -1.42. The lowest BCUT2D eigenvalue weighted by Gasteiger charge is -2.13. The summed E-state index contributed by atoms with van der Waals surface area (Å²) in [5.41, 5.74) is 0.493. The SMILES string of the molecule is Cc1cccc(C(=O)NC(C)CCO)c1F. The number of halogens is 1. The van der Waals surface area contributed by atoms with Crippen molar-refractivity contribution in [3.63, 3.8) is 0 Å².